The van der Waals surface area contributed by atoms with E-state index in [0.29, 0.717) is 24.7 Å². The molecule has 0 radical (unpaired) electrons. The third-order valence-corrected chi connectivity index (χ3v) is 5.33. The number of nitrogens with zero attached hydrogens (tertiary/aromatic N) is 1. The average molecular weight is 297 g/mol. The van der Waals surface area contributed by atoms with E-state index >= 15 is 0 Å². The summed E-state index contributed by atoms with van der Waals surface area (Å²) in [6, 6.07) is 3.20. The molecule has 1 saturated carbocycles. The van der Waals surface area contributed by atoms with Crippen LogP contribution in [0.4, 0.5) is 0 Å². The Hall–Kier alpha value is -0.980. The van der Waals surface area contributed by atoms with Crippen molar-refractivity contribution in [2.24, 2.45) is 11.7 Å². The van der Waals surface area contributed by atoms with Gasteiger partial charge in [-0.2, -0.15) is 0 Å². The molecule has 0 saturated heterocycles. The molecule has 1 fully saturated rings. The van der Waals surface area contributed by atoms with E-state index in [0.717, 1.165) is 6.42 Å². The summed E-state index contributed by atoms with van der Waals surface area (Å²) in [7, 11) is -3.44. The predicted octanol–water partition coefficient (Wildman–Crippen LogP) is 1.79. The molecular weight excluding hydrogens is 274 g/mol. The monoisotopic (exact) mass is 297 g/mol. The largest absolute Gasteiger partial charge is 0.325 e. The maximum atomic E-state index is 12.1. The van der Waals surface area contributed by atoms with Gasteiger partial charge in [0.15, 0.2) is 0 Å². The van der Waals surface area contributed by atoms with E-state index in [1.165, 1.54) is 38.3 Å². The number of sulfonamides is 1. The van der Waals surface area contributed by atoms with Gasteiger partial charge in [0.25, 0.3) is 0 Å². The van der Waals surface area contributed by atoms with Crippen LogP contribution in [-0.4, -0.2) is 19.9 Å². The molecule has 0 spiro atoms. The first-order valence-electron chi connectivity index (χ1n) is 7.26. The highest BCUT2D eigenvalue weighted by molar-refractivity contribution is 7.89. The summed E-state index contributed by atoms with van der Waals surface area (Å²) in [6.07, 6.45) is 8.63. The Labute approximate surface area is 121 Å². The molecular formula is C14H23N3O2S. The summed E-state index contributed by atoms with van der Waals surface area (Å²) in [6.45, 7) is 0.821. The fraction of sp³-hybridized carbons (Fsp3) is 0.643. The Bertz CT molecular complexity index is 508. The van der Waals surface area contributed by atoms with Crippen LogP contribution in [0.1, 0.15) is 44.2 Å². The van der Waals surface area contributed by atoms with Crippen LogP contribution in [-0.2, 0) is 16.6 Å². The topological polar surface area (TPSA) is 85.1 Å². The molecule has 0 amide bonds. The van der Waals surface area contributed by atoms with E-state index in [9.17, 15) is 8.42 Å². The van der Waals surface area contributed by atoms with E-state index in [-0.39, 0.29) is 4.90 Å². The highest BCUT2D eigenvalue weighted by Crippen LogP contribution is 2.25. The Morgan fingerprint density at radius 1 is 1.25 bits per heavy atom. The average Bonchev–Trinajstić information content (AvgIpc) is 2.48. The summed E-state index contributed by atoms with van der Waals surface area (Å²) >= 11 is 0. The van der Waals surface area contributed by atoms with Crippen molar-refractivity contribution in [1.82, 2.24) is 9.71 Å². The van der Waals surface area contributed by atoms with Crippen molar-refractivity contribution >= 4 is 10.0 Å². The molecule has 0 aromatic carbocycles. The van der Waals surface area contributed by atoms with Crippen molar-refractivity contribution < 1.29 is 8.42 Å². The van der Waals surface area contributed by atoms with Crippen LogP contribution in [0.2, 0.25) is 0 Å². The van der Waals surface area contributed by atoms with Crippen molar-refractivity contribution in [3.05, 3.63) is 24.0 Å². The lowest BCUT2D eigenvalue weighted by Crippen LogP contribution is -2.26. The van der Waals surface area contributed by atoms with Crippen molar-refractivity contribution in [3.63, 3.8) is 0 Å². The van der Waals surface area contributed by atoms with Crippen LogP contribution in [0.15, 0.2) is 23.2 Å². The van der Waals surface area contributed by atoms with Gasteiger partial charge in [-0.3, -0.25) is 4.98 Å². The van der Waals surface area contributed by atoms with Crippen LogP contribution in [0, 0.1) is 5.92 Å². The van der Waals surface area contributed by atoms with Crippen molar-refractivity contribution in [2.75, 3.05) is 6.54 Å². The minimum Gasteiger partial charge on any atom is -0.325 e. The highest BCUT2D eigenvalue weighted by Gasteiger charge is 2.17. The van der Waals surface area contributed by atoms with E-state index in [2.05, 4.69) is 9.71 Å². The van der Waals surface area contributed by atoms with Crippen LogP contribution in [0.5, 0.6) is 0 Å². The van der Waals surface area contributed by atoms with Gasteiger partial charge in [0.1, 0.15) is 4.90 Å². The zero-order valence-electron chi connectivity index (χ0n) is 11.7. The standard InChI is InChI=1S/C14H23N3O2S/c15-10-13-6-7-14(11-16-13)20(18,19)17-9-8-12-4-2-1-3-5-12/h6-7,11-12,17H,1-5,8-10,15H2. The first kappa shape index (κ1) is 15.4. The third kappa shape index (κ3) is 4.26. The lowest BCUT2D eigenvalue weighted by Gasteiger charge is -2.21. The van der Waals surface area contributed by atoms with E-state index in [1.807, 2.05) is 0 Å². The number of rotatable bonds is 6. The number of hydrogen-bond acceptors (Lipinski definition) is 4. The van der Waals surface area contributed by atoms with Crippen molar-refractivity contribution in [3.8, 4) is 0 Å². The SMILES string of the molecule is NCc1ccc(S(=O)(=O)NCCC2CCCCC2)cn1. The van der Waals surface area contributed by atoms with Gasteiger partial charge in [0, 0.05) is 19.3 Å². The maximum Gasteiger partial charge on any atom is 0.242 e. The van der Waals surface area contributed by atoms with Gasteiger partial charge in [-0.05, 0) is 24.5 Å². The lowest BCUT2D eigenvalue weighted by molar-refractivity contribution is 0.339. The van der Waals surface area contributed by atoms with Crippen molar-refractivity contribution in [2.45, 2.75) is 50.0 Å². The quantitative estimate of drug-likeness (QED) is 0.838. The second-order valence-corrected chi connectivity index (χ2v) is 7.15. The molecule has 0 unspecified atom stereocenters. The van der Waals surface area contributed by atoms with Crippen LogP contribution >= 0.6 is 0 Å². The van der Waals surface area contributed by atoms with Gasteiger partial charge in [0.2, 0.25) is 10.0 Å². The van der Waals surface area contributed by atoms with Crippen molar-refractivity contribution in [1.29, 1.82) is 0 Å². The van der Waals surface area contributed by atoms with Gasteiger partial charge in [0.05, 0.1) is 5.69 Å². The molecule has 5 nitrogen and oxygen atoms in total. The van der Waals surface area contributed by atoms with Gasteiger partial charge >= 0.3 is 0 Å². The second kappa shape index (κ2) is 7.15. The zero-order chi connectivity index (χ0) is 14.4. The summed E-state index contributed by atoms with van der Waals surface area (Å²) in [4.78, 5) is 4.22. The predicted molar refractivity (Wildman–Crippen MR) is 78.5 cm³/mol. The van der Waals surface area contributed by atoms with Crippen LogP contribution in [0.3, 0.4) is 0 Å². The molecule has 112 valence electrons. The minimum atomic E-state index is -3.44. The van der Waals surface area contributed by atoms with E-state index in [1.54, 1.807) is 12.1 Å². The molecule has 20 heavy (non-hydrogen) atoms. The Balaban J connectivity index is 1.86. The molecule has 1 heterocycles. The first-order chi connectivity index (χ1) is 9.62. The maximum absolute atomic E-state index is 12.1. The van der Waals surface area contributed by atoms with E-state index < -0.39 is 10.0 Å². The van der Waals surface area contributed by atoms with E-state index in [4.69, 9.17) is 5.73 Å². The second-order valence-electron chi connectivity index (χ2n) is 5.38. The van der Waals surface area contributed by atoms with Crippen LogP contribution < -0.4 is 10.5 Å². The van der Waals surface area contributed by atoms with Crippen LogP contribution in [0.25, 0.3) is 0 Å². The fourth-order valence-corrected chi connectivity index (χ4v) is 3.64. The summed E-state index contributed by atoms with van der Waals surface area (Å²) < 4.78 is 26.8. The zero-order valence-corrected chi connectivity index (χ0v) is 12.5. The molecule has 3 N–H and O–H groups in total. The summed E-state index contributed by atoms with van der Waals surface area (Å²) in [5, 5.41) is 0. The third-order valence-electron chi connectivity index (χ3n) is 3.89. The fourth-order valence-electron chi connectivity index (χ4n) is 2.65. The molecule has 1 aliphatic carbocycles. The van der Waals surface area contributed by atoms with Gasteiger partial charge in [-0.25, -0.2) is 13.1 Å². The Morgan fingerprint density at radius 3 is 2.60 bits per heavy atom. The molecule has 1 aromatic rings. The highest BCUT2D eigenvalue weighted by atomic mass is 32.2. The first-order valence-corrected chi connectivity index (χ1v) is 8.75. The van der Waals surface area contributed by atoms with Gasteiger partial charge < -0.3 is 5.73 Å². The van der Waals surface area contributed by atoms with Gasteiger partial charge in [-0.1, -0.05) is 32.1 Å². The normalized spacial score (nSPS) is 17.2. The molecule has 2 rings (SSSR count). The number of nitrogens with two attached hydrogens (primary N) is 1. The number of aromatic nitrogens is 1. The molecule has 0 bridgehead atoms. The summed E-state index contributed by atoms with van der Waals surface area (Å²) in [5.74, 6) is 0.671. The number of pyridine rings is 1. The molecule has 0 atom stereocenters. The summed E-state index contributed by atoms with van der Waals surface area (Å²) in [5.41, 5.74) is 6.13. The Morgan fingerprint density at radius 2 is 2.00 bits per heavy atom. The lowest BCUT2D eigenvalue weighted by atomic mass is 9.87. The number of nitrogens with one attached hydrogen (secondary N) is 1. The Kier molecular flexibility index (Phi) is 5.51. The smallest absolute Gasteiger partial charge is 0.242 e. The molecule has 1 aliphatic rings. The minimum absolute atomic E-state index is 0.207. The molecule has 1 aromatic heterocycles. The molecule has 6 heteroatoms. The number of hydrogen-bond donors (Lipinski definition) is 2. The van der Waals surface area contributed by atoms with Gasteiger partial charge in [-0.15, -0.1) is 0 Å². The molecule has 0 aliphatic heterocycles.